The zero-order valence-corrected chi connectivity index (χ0v) is 11.9. The fourth-order valence-electron chi connectivity index (χ4n) is 1.75. The van der Waals surface area contributed by atoms with Gasteiger partial charge in [-0.1, -0.05) is 32.4 Å². The van der Waals surface area contributed by atoms with Crippen LogP contribution in [0.5, 0.6) is 0 Å². The lowest BCUT2D eigenvalue weighted by molar-refractivity contribution is 0.446. The summed E-state index contributed by atoms with van der Waals surface area (Å²) in [5.41, 5.74) is 5.86. The molecule has 0 unspecified atom stereocenters. The van der Waals surface area contributed by atoms with Crippen LogP contribution < -0.4 is 5.73 Å². The first-order valence-electron chi connectivity index (χ1n) is 5.82. The molecule has 1 aromatic heterocycles. The lowest BCUT2D eigenvalue weighted by Gasteiger charge is -2.15. The maximum absolute atomic E-state index is 13.3. The van der Waals surface area contributed by atoms with Crippen molar-refractivity contribution in [3.63, 3.8) is 0 Å². The number of rotatable bonds is 1. The van der Waals surface area contributed by atoms with Crippen LogP contribution in [0, 0.1) is 17.5 Å². The van der Waals surface area contributed by atoms with Crippen LogP contribution in [-0.2, 0) is 5.41 Å². The highest BCUT2D eigenvalue weighted by Crippen LogP contribution is 2.34. The molecule has 20 heavy (non-hydrogen) atoms. The number of anilines is 1. The Balaban J connectivity index is 2.66. The number of aromatic nitrogens is 2. The summed E-state index contributed by atoms with van der Waals surface area (Å²) in [7, 11) is 0. The van der Waals surface area contributed by atoms with Gasteiger partial charge in [0.25, 0.3) is 0 Å². The van der Waals surface area contributed by atoms with Gasteiger partial charge in [0.05, 0.1) is 11.4 Å². The largest absolute Gasteiger partial charge is 0.382 e. The number of nitrogens with two attached hydrogens (primary N) is 1. The second kappa shape index (κ2) is 4.70. The Hall–Kier alpha value is -1.69. The van der Waals surface area contributed by atoms with Crippen LogP contribution in [0.15, 0.2) is 12.1 Å². The van der Waals surface area contributed by atoms with Crippen molar-refractivity contribution < 1.29 is 13.2 Å². The van der Waals surface area contributed by atoms with Gasteiger partial charge >= 0.3 is 0 Å². The molecular formula is C13H13ClF3N3. The molecule has 2 aromatic rings. The highest BCUT2D eigenvalue weighted by atomic mass is 35.5. The molecule has 0 aliphatic carbocycles. The van der Waals surface area contributed by atoms with Crippen molar-refractivity contribution in [2.45, 2.75) is 26.2 Å². The van der Waals surface area contributed by atoms with Crippen LogP contribution >= 0.6 is 11.6 Å². The highest BCUT2D eigenvalue weighted by Gasteiger charge is 2.26. The smallest absolute Gasteiger partial charge is 0.194 e. The van der Waals surface area contributed by atoms with E-state index in [9.17, 15) is 13.2 Å². The third-order valence-electron chi connectivity index (χ3n) is 2.78. The van der Waals surface area contributed by atoms with E-state index in [1.807, 2.05) is 20.8 Å². The molecule has 108 valence electrons. The van der Waals surface area contributed by atoms with Gasteiger partial charge in [0, 0.05) is 17.5 Å². The van der Waals surface area contributed by atoms with E-state index in [1.54, 1.807) is 0 Å². The van der Waals surface area contributed by atoms with Crippen LogP contribution in [0.2, 0.25) is 5.02 Å². The maximum atomic E-state index is 13.3. The number of benzene rings is 1. The van der Waals surface area contributed by atoms with Crippen molar-refractivity contribution in [1.29, 1.82) is 0 Å². The molecule has 2 N–H and O–H groups in total. The van der Waals surface area contributed by atoms with E-state index in [0.717, 1.165) is 16.8 Å². The minimum atomic E-state index is -1.54. The Kier molecular flexibility index (Phi) is 3.46. The standard InChI is InChI=1S/C13H13ClF3N3/c1-13(2,3)11-9(14)12(18)20(19-11)6-4-7(15)10(17)8(16)5-6/h4-5H,18H2,1-3H3. The first-order chi connectivity index (χ1) is 9.12. The third kappa shape index (κ3) is 2.35. The van der Waals surface area contributed by atoms with Crippen LogP contribution in [-0.4, -0.2) is 9.78 Å². The molecular weight excluding hydrogens is 291 g/mol. The Morgan fingerprint density at radius 2 is 1.65 bits per heavy atom. The molecule has 0 saturated heterocycles. The lowest BCUT2D eigenvalue weighted by Crippen LogP contribution is -2.13. The van der Waals surface area contributed by atoms with Gasteiger partial charge in [-0.15, -0.1) is 0 Å². The SMILES string of the molecule is CC(C)(C)c1nn(-c2cc(F)c(F)c(F)c2)c(N)c1Cl. The second-order valence-electron chi connectivity index (χ2n) is 5.43. The van der Waals surface area contributed by atoms with Gasteiger partial charge in [-0.2, -0.15) is 5.10 Å². The average Bonchev–Trinajstić information content (AvgIpc) is 2.62. The molecule has 0 aliphatic rings. The fraction of sp³-hybridized carbons (Fsp3) is 0.308. The van der Waals surface area contributed by atoms with Gasteiger partial charge in [0.2, 0.25) is 0 Å². The molecule has 0 aliphatic heterocycles. The normalized spacial score (nSPS) is 11.9. The molecule has 0 fully saturated rings. The Morgan fingerprint density at radius 1 is 1.15 bits per heavy atom. The summed E-state index contributed by atoms with van der Waals surface area (Å²) in [6.45, 7) is 5.62. The maximum Gasteiger partial charge on any atom is 0.194 e. The Bertz CT molecular complexity index is 651. The van der Waals surface area contributed by atoms with E-state index < -0.39 is 22.9 Å². The van der Waals surface area contributed by atoms with E-state index >= 15 is 0 Å². The summed E-state index contributed by atoms with van der Waals surface area (Å²) in [4.78, 5) is 0. The summed E-state index contributed by atoms with van der Waals surface area (Å²) in [6.07, 6.45) is 0. The van der Waals surface area contributed by atoms with Crippen molar-refractivity contribution >= 4 is 17.4 Å². The van der Waals surface area contributed by atoms with Crippen molar-refractivity contribution in [2.24, 2.45) is 0 Å². The van der Waals surface area contributed by atoms with Crippen LogP contribution in [0.25, 0.3) is 5.69 Å². The zero-order chi connectivity index (χ0) is 15.2. The van der Waals surface area contributed by atoms with Crippen molar-refractivity contribution in [2.75, 3.05) is 5.73 Å². The van der Waals surface area contributed by atoms with Gasteiger partial charge in [0.15, 0.2) is 17.5 Å². The molecule has 3 nitrogen and oxygen atoms in total. The van der Waals surface area contributed by atoms with Gasteiger partial charge in [-0.05, 0) is 0 Å². The number of nitrogen functional groups attached to an aromatic ring is 1. The molecule has 0 radical (unpaired) electrons. The van der Waals surface area contributed by atoms with Gasteiger partial charge in [-0.25, -0.2) is 17.9 Å². The summed E-state index contributed by atoms with van der Waals surface area (Å²) in [5, 5.41) is 4.38. The average molecular weight is 304 g/mol. The minimum Gasteiger partial charge on any atom is -0.382 e. The Labute approximate surface area is 119 Å². The van der Waals surface area contributed by atoms with E-state index in [4.69, 9.17) is 17.3 Å². The minimum absolute atomic E-state index is 0.0312. The van der Waals surface area contributed by atoms with Crippen molar-refractivity contribution in [1.82, 2.24) is 9.78 Å². The monoisotopic (exact) mass is 303 g/mol. The van der Waals surface area contributed by atoms with Crippen LogP contribution in [0.1, 0.15) is 26.5 Å². The van der Waals surface area contributed by atoms with Crippen molar-refractivity contribution in [3.05, 3.63) is 40.3 Å². The zero-order valence-electron chi connectivity index (χ0n) is 11.1. The van der Waals surface area contributed by atoms with E-state index in [-0.39, 0.29) is 16.5 Å². The fourth-order valence-corrected chi connectivity index (χ4v) is 2.15. The number of hydrogen-bond acceptors (Lipinski definition) is 2. The number of hydrogen-bond donors (Lipinski definition) is 1. The molecule has 1 aromatic carbocycles. The molecule has 0 saturated carbocycles. The summed E-state index contributed by atoms with van der Waals surface area (Å²) in [6, 6.07) is 1.62. The summed E-state index contributed by atoms with van der Waals surface area (Å²) < 4.78 is 40.6. The van der Waals surface area contributed by atoms with Gasteiger partial charge in [0.1, 0.15) is 10.8 Å². The first-order valence-corrected chi connectivity index (χ1v) is 6.20. The van der Waals surface area contributed by atoms with E-state index in [1.165, 1.54) is 0 Å². The molecule has 1 heterocycles. The van der Waals surface area contributed by atoms with Gasteiger partial charge in [-0.3, -0.25) is 0 Å². The molecule has 0 bridgehead atoms. The lowest BCUT2D eigenvalue weighted by atomic mass is 9.92. The van der Waals surface area contributed by atoms with Crippen LogP contribution in [0.4, 0.5) is 19.0 Å². The topological polar surface area (TPSA) is 43.8 Å². The van der Waals surface area contributed by atoms with E-state index in [2.05, 4.69) is 5.10 Å². The Morgan fingerprint density at radius 3 is 2.05 bits per heavy atom. The quantitative estimate of drug-likeness (QED) is 0.814. The number of nitrogens with zero attached hydrogens (tertiary/aromatic N) is 2. The van der Waals surface area contributed by atoms with Crippen molar-refractivity contribution in [3.8, 4) is 5.69 Å². The second-order valence-corrected chi connectivity index (χ2v) is 5.81. The van der Waals surface area contributed by atoms with Crippen LogP contribution in [0.3, 0.4) is 0 Å². The summed E-state index contributed by atoms with van der Waals surface area (Å²) in [5.74, 6) is -4.13. The molecule has 2 rings (SSSR count). The number of halogens is 4. The summed E-state index contributed by atoms with van der Waals surface area (Å²) >= 11 is 6.09. The molecule has 0 amide bonds. The predicted octanol–water partition coefficient (Wildman–Crippen LogP) is 3.82. The first kappa shape index (κ1) is 14.7. The van der Waals surface area contributed by atoms with E-state index in [0.29, 0.717) is 5.69 Å². The molecule has 0 atom stereocenters. The molecule has 7 heteroatoms. The highest BCUT2D eigenvalue weighted by molar-refractivity contribution is 6.33. The van der Waals surface area contributed by atoms with Gasteiger partial charge < -0.3 is 5.73 Å². The predicted molar refractivity (Wildman–Crippen MR) is 71.6 cm³/mol. The third-order valence-corrected chi connectivity index (χ3v) is 3.16. The molecule has 0 spiro atoms.